The molecule has 5 nitrogen and oxygen atoms in total. The summed E-state index contributed by atoms with van der Waals surface area (Å²) in [5, 5.41) is 9.44. The van der Waals surface area contributed by atoms with Gasteiger partial charge in [0.25, 0.3) is 0 Å². The van der Waals surface area contributed by atoms with Crippen LogP contribution in [0.25, 0.3) is 0 Å². The summed E-state index contributed by atoms with van der Waals surface area (Å²) >= 11 is 0. The molecule has 3 atom stereocenters. The highest BCUT2D eigenvalue weighted by Gasteiger charge is 2.45. The molecule has 0 aromatic carbocycles. The van der Waals surface area contributed by atoms with Crippen molar-refractivity contribution in [3.05, 3.63) is 0 Å². The Labute approximate surface area is 123 Å². The van der Waals surface area contributed by atoms with Crippen LogP contribution in [0.5, 0.6) is 0 Å². The van der Waals surface area contributed by atoms with Crippen molar-refractivity contribution in [3.8, 4) is 0 Å². The molecule has 1 N–H and O–H groups in total. The van der Waals surface area contributed by atoms with E-state index in [-0.39, 0.29) is 6.10 Å². The van der Waals surface area contributed by atoms with Crippen LogP contribution in [0.4, 0.5) is 0 Å². The molecule has 0 bridgehead atoms. The zero-order valence-electron chi connectivity index (χ0n) is 13.9. The van der Waals surface area contributed by atoms with E-state index in [0.717, 1.165) is 0 Å². The van der Waals surface area contributed by atoms with E-state index in [1.807, 2.05) is 27.7 Å². The summed E-state index contributed by atoms with van der Waals surface area (Å²) in [6, 6.07) is 0. The molecule has 0 aromatic heterocycles. The molecule has 20 heavy (non-hydrogen) atoms. The van der Waals surface area contributed by atoms with Crippen molar-refractivity contribution in [1.82, 2.24) is 0 Å². The van der Waals surface area contributed by atoms with Crippen LogP contribution < -0.4 is 0 Å². The van der Waals surface area contributed by atoms with Crippen LogP contribution in [0.1, 0.15) is 54.9 Å². The van der Waals surface area contributed by atoms with Crippen molar-refractivity contribution in [2.75, 3.05) is 13.2 Å². The maximum atomic E-state index is 12.9. The lowest BCUT2D eigenvalue weighted by atomic mass is 9.98. The average molecular weight is 310 g/mol. The average Bonchev–Trinajstić information content (AvgIpc) is 2.24. The monoisotopic (exact) mass is 310 g/mol. The number of hydrogen-bond donors (Lipinski definition) is 1. The zero-order chi connectivity index (χ0) is 16.0. The van der Waals surface area contributed by atoms with Gasteiger partial charge in [-0.1, -0.05) is 20.8 Å². The molecule has 0 rings (SSSR count). The number of hydrogen-bond acceptors (Lipinski definition) is 5. The van der Waals surface area contributed by atoms with E-state index in [2.05, 4.69) is 0 Å². The first-order valence-corrected chi connectivity index (χ1v) is 8.90. The first-order chi connectivity index (χ1) is 9.06. The molecule has 0 spiro atoms. The maximum absolute atomic E-state index is 12.9. The largest absolute Gasteiger partial charge is 0.393 e. The Morgan fingerprint density at radius 3 is 1.85 bits per heavy atom. The van der Waals surface area contributed by atoms with Gasteiger partial charge in [-0.15, -0.1) is 0 Å². The van der Waals surface area contributed by atoms with Crippen LogP contribution in [0.3, 0.4) is 0 Å². The maximum Gasteiger partial charge on any atom is 0.359 e. The second kappa shape index (κ2) is 8.50. The highest BCUT2D eigenvalue weighted by Crippen LogP contribution is 2.59. The smallest absolute Gasteiger partial charge is 0.359 e. The first kappa shape index (κ1) is 20.1. The third kappa shape index (κ3) is 6.68. The minimum Gasteiger partial charge on any atom is -0.393 e. The van der Waals surface area contributed by atoms with Gasteiger partial charge in [0.15, 0.2) is 5.85 Å². The molecule has 0 unspecified atom stereocenters. The SMILES string of the molecule is CCOP(=O)(OCC)[C@@H](O[C@@H](C)C[C@H](C)O)C(C)(C)C. The van der Waals surface area contributed by atoms with Gasteiger partial charge in [0.05, 0.1) is 25.4 Å². The van der Waals surface area contributed by atoms with E-state index in [9.17, 15) is 9.67 Å². The van der Waals surface area contributed by atoms with E-state index >= 15 is 0 Å². The fraction of sp³-hybridized carbons (Fsp3) is 1.00. The van der Waals surface area contributed by atoms with Crippen LogP contribution in [0.2, 0.25) is 0 Å². The molecule has 122 valence electrons. The van der Waals surface area contributed by atoms with Crippen LogP contribution in [-0.4, -0.2) is 36.4 Å². The lowest BCUT2D eigenvalue weighted by Gasteiger charge is -2.37. The minimum atomic E-state index is -3.35. The molecule has 0 heterocycles. The Kier molecular flexibility index (Phi) is 8.53. The van der Waals surface area contributed by atoms with Crippen molar-refractivity contribution in [1.29, 1.82) is 0 Å². The molecule has 0 saturated heterocycles. The quantitative estimate of drug-likeness (QED) is 0.656. The van der Waals surface area contributed by atoms with Crippen molar-refractivity contribution >= 4 is 7.60 Å². The Morgan fingerprint density at radius 2 is 1.55 bits per heavy atom. The van der Waals surface area contributed by atoms with Crippen molar-refractivity contribution in [2.45, 2.75) is 72.9 Å². The van der Waals surface area contributed by atoms with Gasteiger partial charge in [0, 0.05) is 0 Å². The van der Waals surface area contributed by atoms with E-state index < -0.39 is 25.0 Å². The molecule has 0 aliphatic carbocycles. The standard InChI is InChI=1S/C14H31O5P/c1-8-17-20(16,18-9-2)13(14(5,6)7)19-12(4)10-11(3)15/h11-13,15H,8-10H2,1-7H3/t11-,12-,13+/m0/s1. The summed E-state index contributed by atoms with van der Waals surface area (Å²) in [4.78, 5) is 0. The van der Waals surface area contributed by atoms with Gasteiger partial charge < -0.3 is 18.9 Å². The summed E-state index contributed by atoms with van der Waals surface area (Å²) in [5.74, 6) is -0.663. The summed E-state index contributed by atoms with van der Waals surface area (Å²) < 4.78 is 29.7. The first-order valence-electron chi connectivity index (χ1n) is 7.29. The van der Waals surface area contributed by atoms with E-state index in [1.54, 1.807) is 20.8 Å². The highest BCUT2D eigenvalue weighted by atomic mass is 31.2. The third-order valence-corrected chi connectivity index (χ3v) is 5.39. The van der Waals surface area contributed by atoms with Crippen molar-refractivity contribution in [3.63, 3.8) is 0 Å². The van der Waals surface area contributed by atoms with Gasteiger partial charge in [-0.25, -0.2) is 0 Å². The second-order valence-electron chi connectivity index (χ2n) is 6.13. The Morgan fingerprint density at radius 1 is 1.10 bits per heavy atom. The van der Waals surface area contributed by atoms with E-state index in [1.165, 1.54) is 0 Å². The lowest BCUT2D eigenvalue weighted by molar-refractivity contribution is -0.0460. The molecule has 0 aliphatic rings. The zero-order valence-corrected chi connectivity index (χ0v) is 14.8. The molecule has 0 saturated carbocycles. The van der Waals surface area contributed by atoms with Crippen LogP contribution >= 0.6 is 7.60 Å². The number of aliphatic hydroxyl groups excluding tert-OH is 1. The molecule has 0 aromatic rings. The van der Waals surface area contributed by atoms with Crippen molar-refractivity contribution < 1.29 is 23.5 Å². The molecule has 0 fully saturated rings. The van der Waals surface area contributed by atoms with E-state index in [4.69, 9.17) is 13.8 Å². The predicted molar refractivity (Wildman–Crippen MR) is 80.9 cm³/mol. The highest BCUT2D eigenvalue weighted by molar-refractivity contribution is 7.54. The fourth-order valence-corrected chi connectivity index (χ4v) is 4.41. The molecule has 0 amide bonds. The van der Waals surface area contributed by atoms with Crippen LogP contribution in [0, 0.1) is 5.41 Å². The van der Waals surface area contributed by atoms with Crippen molar-refractivity contribution in [2.24, 2.45) is 5.41 Å². The third-order valence-electron chi connectivity index (χ3n) is 2.68. The summed E-state index contributed by atoms with van der Waals surface area (Å²) in [5.41, 5.74) is -0.396. The van der Waals surface area contributed by atoms with E-state index in [0.29, 0.717) is 19.6 Å². The topological polar surface area (TPSA) is 65.0 Å². The molecular formula is C14H31O5P. The summed E-state index contributed by atoms with van der Waals surface area (Å²) in [7, 11) is -3.35. The molecule has 6 heteroatoms. The Balaban J connectivity index is 5.17. The van der Waals surface area contributed by atoms with Gasteiger partial charge in [-0.2, -0.15) is 0 Å². The van der Waals surface area contributed by atoms with Crippen LogP contribution in [-0.2, 0) is 18.3 Å². The number of rotatable bonds is 9. The van der Waals surface area contributed by atoms with Gasteiger partial charge in [-0.3, -0.25) is 4.57 Å². The molecular weight excluding hydrogens is 279 g/mol. The number of ether oxygens (including phenoxy) is 1. The van der Waals surface area contributed by atoms with Gasteiger partial charge in [0.1, 0.15) is 0 Å². The summed E-state index contributed by atoms with van der Waals surface area (Å²) in [6.07, 6.45) is -0.220. The lowest BCUT2D eigenvalue weighted by Crippen LogP contribution is -2.34. The number of aliphatic hydroxyl groups is 1. The van der Waals surface area contributed by atoms with Crippen LogP contribution in [0.15, 0.2) is 0 Å². The second-order valence-corrected chi connectivity index (χ2v) is 8.19. The van der Waals surface area contributed by atoms with Gasteiger partial charge in [0.2, 0.25) is 0 Å². The van der Waals surface area contributed by atoms with Gasteiger partial charge >= 0.3 is 7.60 Å². The van der Waals surface area contributed by atoms with Gasteiger partial charge in [-0.05, 0) is 39.5 Å². The fourth-order valence-electron chi connectivity index (χ4n) is 2.04. The molecule has 0 aliphatic heterocycles. The minimum absolute atomic E-state index is 0.228. The Hall–Kier alpha value is 0.0700. The predicted octanol–water partition coefficient (Wildman–Crippen LogP) is 3.80. The normalized spacial score (nSPS) is 17.8. The summed E-state index contributed by atoms with van der Waals surface area (Å²) in [6.45, 7) is 13.6. The molecule has 0 radical (unpaired) electrons. The Bertz CT molecular complexity index is 301.